The fourth-order valence-electron chi connectivity index (χ4n) is 3.33. The van der Waals surface area contributed by atoms with Crippen LogP contribution in [-0.2, 0) is 0 Å². The second kappa shape index (κ2) is 8.71. The Morgan fingerprint density at radius 1 is 1.07 bits per heavy atom. The molecule has 0 saturated carbocycles. The molecule has 3 rings (SSSR count). The molecule has 2 aromatic rings. The van der Waals surface area contributed by atoms with Crippen LogP contribution in [0.4, 0.5) is 0 Å². The molecule has 1 fully saturated rings. The molecule has 142 valence electrons. The van der Waals surface area contributed by atoms with Gasteiger partial charge < -0.3 is 14.4 Å². The third-order valence-corrected chi connectivity index (χ3v) is 4.87. The predicted octanol–water partition coefficient (Wildman–Crippen LogP) is 3.83. The van der Waals surface area contributed by atoms with E-state index in [9.17, 15) is 9.59 Å². The summed E-state index contributed by atoms with van der Waals surface area (Å²) in [6.07, 6.45) is 1.99. The second-order valence-electron chi connectivity index (χ2n) is 6.88. The highest BCUT2D eigenvalue weighted by Gasteiger charge is 2.25. The van der Waals surface area contributed by atoms with Crippen molar-refractivity contribution in [3.05, 3.63) is 59.7 Å². The molecular formula is C22H25NO4. The van der Waals surface area contributed by atoms with E-state index >= 15 is 0 Å². The zero-order valence-electron chi connectivity index (χ0n) is 15.8. The van der Waals surface area contributed by atoms with Crippen LogP contribution < -0.4 is 9.47 Å². The van der Waals surface area contributed by atoms with Gasteiger partial charge in [-0.3, -0.25) is 9.59 Å². The lowest BCUT2D eigenvalue weighted by atomic mass is 9.98. The lowest BCUT2D eigenvalue weighted by Gasteiger charge is -2.32. The molecule has 5 nitrogen and oxygen atoms in total. The summed E-state index contributed by atoms with van der Waals surface area (Å²) in [5, 5.41) is 0. The van der Waals surface area contributed by atoms with Gasteiger partial charge >= 0.3 is 0 Å². The van der Waals surface area contributed by atoms with E-state index in [0.717, 1.165) is 30.9 Å². The molecule has 0 N–H and O–H groups in total. The van der Waals surface area contributed by atoms with Crippen molar-refractivity contribution in [2.45, 2.75) is 19.8 Å². The first kappa shape index (κ1) is 19.0. The number of piperidine rings is 1. The van der Waals surface area contributed by atoms with Crippen molar-refractivity contribution in [3.63, 3.8) is 0 Å². The van der Waals surface area contributed by atoms with E-state index in [1.54, 1.807) is 31.4 Å². The highest BCUT2D eigenvalue weighted by Crippen LogP contribution is 2.22. The van der Waals surface area contributed by atoms with Crippen LogP contribution in [0.2, 0.25) is 0 Å². The van der Waals surface area contributed by atoms with Gasteiger partial charge in [-0.15, -0.1) is 0 Å². The van der Waals surface area contributed by atoms with Crippen LogP contribution >= 0.6 is 0 Å². The Morgan fingerprint density at radius 3 is 2.48 bits per heavy atom. The van der Waals surface area contributed by atoms with Gasteiger partial charge in [-0.1, -0.05) is 12.1 Å². The molecule has 1 atom stereocenters. The number of likely N-dealkylation sites (tertiary alicyclic amines) is 1. The number of nitrogens with zero attached hydrogens (tertiary/aromatic N) is 1. The number of rotatable bonds is 6. The van der Waals surface area contributed by atoms with E-state index in [1.165, 1.54) is 6.92 Å². The Bertz CT molecular complexity index is 800. The van der Waals surface area contributed by atoms with Gasteiger partial charge in [0.2, 0.25) is 0 Å². The van der Waals surface area contributed by atoms with E-state index in [1.807, 2.05) is 29.2 Å². The Kier molecular flexibility index (Phi) is 6.12. The van der Waals surface area contributed by atoms with Crippen LogP contribution in [0.25, 0.3) is 0 Å². The van der Waals surface area contributed by atoms with Crippen molar-refractivity contribution < 1.29 is 19.1 Å². The summed E-state index contributed by atoms with van der Waals surface area (Å²) in [4.78, 5) is 26.3. The van der Waals surface area contributed by atoms with Crippen LogP contribution in [0.5, 0.6) is 11.5 Å². The van der Waals surface area contributed by atoms with Gasteiger partial charge in [-0.2, -0.15) is 0 Å². The summed E-state index contributed by atoms with van der Waals surface area (Å²) in [6.45, 7) is 3.49. The Morgan fingerprint density at radius 2 is 1.78 bits per heavy atom. The average molecular weight is 367 g/mol. The summed E-state index contributed by atoms with van der Waals surface area (Å²) in [7, 11) is 1.63. The van der Waals surface area contributed by atoms with E-state index in [2.05, 4.69) is 0 Å². The van der Waals surface area contributed by atoms with Crippen molar-refractivity contribution in [1.29, 1.82) is 0 Å². The van der Waals surface area contributed by atoms with E-state index in [-0.39, 0.29) is 11.7 Å². The molecule has 1 heterocycles. The molecule has 1 saturated heterocycles. The number of methoxy groups -OCH3 is 1. The SMILES string of the molecule is COc1ccc(OCC2CCCN(C(=O)c3cccc(C(C)=O)c3)C2)cc1. The van der Waals surface area contributed by atoms with E-state index < -0.39 is 0 Å². The first-order valence-corrected chi connectivity index (χ1v) is 9.24. The molecule has 27 heavy (non-hydrogen) atoms. The molecule has 0 bridgehead atoms. The summed E-state index contributed by atoms with van der Waals surface area (Å²) in [5.41, 5.74) is 1.14. The summed E-state index contributed by atoms with van der Waals surface area (Å²) >= 11 is 0. The standard InChI is InChI=1S/C22H25NO4/c1-16(24)18-6-3-7-19(13-18)22(25)23-12-4-5-17(14-23)15-27-21-10-8-20(26-2)9-11-21/h3,6-11,13,17H,4-5,12,14-15H2,1-2H3. The molecule has 5 heteroatoms. The maximum absolute atomic E-state index is 12.8. The number of carbonyl (C=O) groups excluding carboxylic acids is 2. The topological polar surface area (TPSA) is 55.8 Å². The summed E-state index contributed by atoms with van der Waals surface area (Å²) in [6, 6.07) is 14.5. The zero-order chi connectivity index (χ0) is 19.2. The van der Waals surface area contributed by atoms with Crippen LogP contribution in [-0.4, -0.2) is 43.4 Å². The highest BCUT2D eigenvalue weighted by molar-refractivity contribution is 5.99. The Hall–Kier alpha value is -2.82. The van der Waals surface area contributed by atoms with Crippen LogP contribution in [0.3, 0.4) is 0 Å². The van der Waals surface area contributed by atoms with Gasteiger partial charge in [0, 0.05) is 30.1 Å². The van der Waals surface area contributed by atoms with Crippen LogP contribution in [0.1, 0.15) is 40.5 Å². The van der Waals surface area contributed by atoms with Gasteiger partial charge in [-0.25, -0.2) is 0 Å². The van der Waals surface area contributed by atoms with Crippen molar-refractivity contribution in [1.82, 2.24) is 4.90 Å². The number of amides is 1. The number of hydrogen-bond acceptors (Lipinski definition) is 4. The monoisotopic (exact) mass is 367 g/mol. The number of Topliss-reactive ketones (excluding diaryl/α,β-unsaturated/α-hetero) is 1. The fraction of sp³-hybridized carbons (Fsp3) is 0.364. The minimum atomic E-state index is -0.0333. The van der Waals surface area contributed by atoms with Crippen molar-refractivity contribution in [3.8, 4) is 11.5 Å². The second-order valence-corrected chi connectivity index (χ2v) is 6.88. The first-order valence-electron chi connectivity index (χ1n) is 9.24. The number of ether oxygens (including phenoxy) is 2. The molecule has 0 spiro atoms. The summed E-state index contributed by atoms with van der Waals surface area (Å²) in [5.74, 6) is 1.83. The Labute approximate surface area is 159 Å². The van der Waals surface area contributed by atoms with Gasteiger partial charge in [0.25, 0.3) is 5.91 Å². The molecule has 1 aliphatic heterocycles. The number of benzene rings is 2. The van der Waals surface area contributed by atoms with Crippen molar-refractivity contribution >= 4 is 11.7 Å². The molecular weight excluding hydrogens is 342 g/mol. The van der Waals surface area contributed by atoms with Gasteiger partial charge in [-0.05, 0) is 56.2 Å². The molecule has 1 aliphatic rings. The third-order valence-electron chi connectivity index (χ3n) is 4.87. The minimum Gasteiger partial charge on any atom is -0.497 e. The van der Waals surface area contributed by atoms with E-state index in [0.29, 0.717) is 30.2 Å². The molecule has 0 radical (unpaired) electrons. The first-order chi connectivity index (χ1) is 13.1. The maximum atomic E-state index is 12.8. The maximum Gasteiger partial charge on any atom is 0.253 e. The van der Waals surface area contributed by atoms with Crippen LogP contribution in [0, 0.1) is 5.92 Å². The highest BCUT2D eigenvalue weighted by atomic mass is 16.5. The molecule has 1 unspecified atom stereocenters. The van der Waals surface area contributed by atoms with Crippen molar-refractivity contribution in [2.75, 3.05) is 26.8 Å². The van der Waals surface area contributed by atoms with Gasteiger partial charge in [0.05, 0.1) is 13.7 Å². The number of hydrogen-bond donors (Lipinski definition) is 0. The largest absolute Gasteiger partial charge is 0.497 e. The fourth-order valence-corrected chi connectivity index (χ4v) is 3.33. The predicted molar refractivity (Wildman–Crippen MR) is 104 cm³/mol. The Balaban J connectivity index is 1.59. The van der Waals surface area contributed by atoms with Gasteiger partial charge in [0.1, 0.15) is 11.5 Å². The molecule has 2 aromatic carbocycles. The molecule has 0 aromatic heterocycles. The quantitative estimate of drug-likeness (QED) is 0.728. The van der Waals surface area contributed by atoms with Gasteiger partial charge in [0.15, 0.2) is 5.78 Å². The normalized spacial score (nSPS) is 16.7. The molecule has 0 aliphatic carbocycles. The minimum absolute atomic E-state index is 0.0211. The van der Waals surface area contributed by atoms with Crippen molar-refractivity contribution in [2.24, 2.45) is 5.92 Å². The van der Waals surface area contributed by atoms with Crippen LogP contribution in [0.15, 0.2) is 48.5 Å². The summed E-state index contributed by atoms with van der Waals surface area (Å²) < 4.78 is 11.0. The smallest absolute Gasteiger partial charge is 0.253 e. The zero-order valence-corrected chi connectivity index (χ0v) is 15.8. The number of carbonyl (C=O) groups is 2. The molecule has 1 amide bonds. The lowest BCUT2D eigenvalue weighted by Crippen LogP contribution is -2.41. The number of ketones is 1. The average Bonchev–Trinajstić information content (AvgIpc) is 2.72. The lowest BCUT2D eigenvalue weighted by molar-refractivity contribution is 0.0633. The van der Waals surface area contributed by atoms with E-state index in [4.69, 9.17) is 9.47 Å². The third kappa shape index (κ3) is 4.88.